The lowest BCUT2D eigenvalue weighted by molar-refractivity contribution is -0.111. The van der Waals surface area contributed by atoms with Crippen LogP contribution in [0.4, 0.5) is 5.69 Å². The quantitative estimate of drug-likeness (QED) is 0.224. The molecule has 1 aromatic heterocycles. The molecule has 174 valence electrons. The number of carbonyl (C=O) groups excluding carboxylic acids is 1. The fraction of sp³-hybridized carbons (Fsp3) is 0.154. The third-order valence-electron chi connectivity index (χ3n) is 5.20. The van der Waals surface area contributed by atoms with Crippen molar-refractivity contribution in [3.63, 3.8) is 0 Å². The van der Waals surface area contributed by atoms with E-state index < -0.39 is 0 Å². The van der Waals surface area contributed by atoms with Gasteiger partial charge in [0.25, 0.3) is 0 Å². The summed E-state index contributed by atoms with van der Waals surface area (Å²) in [4.78, 5) is 17.3. The summed E-state index contributed by atoms with van der Waals surface area (Å²) in [6.07, 6.45) is 3.10. The first-order valence-electron chi connectivity index (χ1n) is 10.5. The molecule has 4 rings (SSSR count). The van der Waals surface area contributed by atoms with Crippen LogP contribution in [0.25, 0.3) is 28.6 Å². The zero-order valence-corrected chi connectivity index (χ0v) is 22.6. The molecule has 0 radical (unpaired) electrons. The molecule has 0 aliphatic heterocycles. The van der Waals surface area contributed by atoms with Crippen molar-refractivity contribution in [1.82, 2.24) is 4.98 Å². The summed E-state index contributed by atoms with van der Waals surface area (Å²) in [5.41, 5.74) is 4.60. The molecular formula is C26H21Br2ClN2O3. The Bertz CT molecular complexity index is 1410. The van der Waals surface area contributed by atoms with E-state index in [-0.39, 0.29) is 5.91 Å². The summed E-state index contributed by atoms with van der Waals surface area (Å²) >= 11 is 13.3. The predicted octanol–water partition coefficient (Wildman–Crippen LogP) is 8.46. The summed E-state index contributed by atoms with van der Waals surface area (Å²) in [7, 11) is 1.58. The Morgan fingerprint density at radius 2 is 1.94 bits per heavy atom. The van der Waals surface area contributed by atoms with Gasteiger partial charge in [0.1, 0.15) is 11.3 Å². The number of amides is 1. The van der Waals surface area contributed by atoms with E-state index in [0.29, 0.717) is 39.4 Å². The summed E-state index contributed by atoms with van der Waals surface area (Å²) in [6, 6.07) is 15.0. The molecule has 1 heterocycles. The highest BCUT2D eigenvalue weighted by molar-refractivity contribution is 9.11. The molecule has 3 aromatic carbocycles. The van der Waals surface area contributed by atoms with E-state index in [9.17, 15) is 4.79 Å². The second-order valence-electron chi connectivity index (χ2n) is 7.93. The standard InChI is InChI=1S/C26H21Br2ClN2O3/c1-14(2)15-5-8-23-22(11-15)31-26(34-23)17-4-7-20(29)21(12-17)30-24(32)9-6-16-10-18(27)13-19(28)25(16)33-3/h4-14H,1-3H3,(H,30,32)/b9-6+. The Labute approximate surface area is 219 Å². The van der Waals surface area contributed by atoms with Gasteiger partial charge < -0.3 is 14.5 Å². The maximum atomic E-state index is 12.6. The molecule has 0 fully saturated rings. The van der Waals surface area contributed by atoms with Gasteiger partial charge in [-0.3, -0.25) is 4.79 Å². The summed E-state index contributed by atoms with van der Waals surface area (Å²) in [6.45, 7) is 4.27. The van der Waals surface area contributed by atoms with Gasteiger partial charge in [-0.25, -0.2) is 4.98 Å². The van der Waals surface area contributed by atoms with E-state index in [0.717, 1.165) is 20.0 Å². The molecule has 0 bridgehead atoms. The number of hydrogen-bond acceptors (Lipinski definition) is 4. The van der Waals surface area contributed by atoms with Gasteiger partial charge >= 0.3 is 0 Å². The van der Waals surface area contributed by atoms with Crippen molar-refractivity contribution in [3.05, 3.63) is 79.7 Å². The number of carbonyl (C=O) groups is 1. The third kappa shape index (κ3) is 5.37. The van der Waals surface area contributed by atoms with E-state index in [4.69, 9.17) is 20.8 Å². The van der Waals surface area contributed by atoms with E-state index in [1.165, 1.54) is 11.6 Å². The van der Waals surface area contributed by atoms with Crippen LogP contribution >= 0.6 is 43.5 Å². The lowest BCUT2D eigenvalue weighted by Crippen LogP contribution is -2.08. The van der Waals surface area contributed by atoms with Crippen LogP contribution in [0.15, 0.2) is 68.0 Å². The number of oxazole rings is 1. The minimum Gasteiger partial charge on any atom is -0.495 e. The number of nitrogens with one attached hydrogen (secondary N) is 1. The molecule has 0 saturated carbocycles. The van der Waals surface area contributed by atoms with Gasteiger partial charge in [-0.1, -0.05) is 47.4 Å². The lowest BCUT2D eigenvalue weighted by Gasteiger charge is -2.09. The molecule has 1 N–H and O–H groups in total. The Hall–Kier alpha value is -2.61. The Balaban J connectivity index is 1.58. The van der Waals surface area contributed by atoms with Crippen molar-refractivity contribution in [2.45, 2.75) is 19.8 Å². The van der Waals surface area contributed by atoms with Gasteiger partial charge in [-0.05, 0) is 76.0 Å². The van der Waals surface area contributed by atoms with Crippen LogP contribution in [0.2, 0.25) is 5.02 Å². The minimum atomic E-state index is -0.337. The average molecular weight is 605 g/mol. The maximum Gasteiger partial charge on any atom is 0.248 e. The number of halogens is 3. The predicted molar refractivity (Wildman–Crippen MR) is 145 cm³/mol. The van der Waals surface area contributed by atoms with Crippen LogP contribution in [0.5, 0.6) is 5.75 Å². The topological polar surface area (TPSA) is 64.4 Å². The maximum absolute atomic E-state index is 12.6. The fourth-order valence-electron chi connectivity index (χ4n) is 3.44. The van der Waals surface area contributed by atoms with E-state index in [1.807, 2.05) is 36.4 Å². The molecular weight excluding hydrogens is 584 g/mol. The van der Waals surface area contributed by atoms with Crippen LogP contribution in [0, 0.1) is 0 Å². The summed E-state index contributed by atoms with van der Waals surface area (Å²) in [5.74, 6) is 1.15. The second-order valence-corrected chi connectivity index (χ2v) is 10.1. The molecule has 0 aliphatic rings. The zero-order valence-electron chi connectivity index (χ0n) is 18.7. The Morgan fingerprint density at radius 3 is 2.68 bits per heavy atom. The number of aromatic nitrogens is 1. The zero-order chi connectivity index (χ0) is 24.4. The second kappa shape index (κ2) is 10.3. The Morgan fingerprint density at radius 1 is 1.15 bits per heavy atom. The van der Waals surface area contributed by atoms with Gasteiger partial charge in [0, 0.05) is 21.7 Å². The molecule has 0 unspecified atom stereocenters. The first kappa shape index (κ1) is 24.5. The highest BCUT2D eigenvalue weighted by Crippen LogP contribution is 2.34. The SMILES string of the molecule is COc1c(Br)cc(Br)cc1/C=C/C(=O)Nc1cc(-c2nc3cc(C(C)C)ccc3o2)ccc1Cl. The molecule has 1 amide bonds. The van der Waals surface area contributed by atoms with Gasteiger partial charge in [0.15, 0.2) is 5.58 Å². The van der Waals surface area contributed by atoms with Crippen molar-refractivity contribution in [2.75, 3.05) is 12.4 Å². The minimum absolute atomic E-state index is 0.337. The van der Waals surface area contributed by atoms with Crippen LogP contribution in [0.3, 0.4) is 0 Å². The van der Waals surface area contributed by atoms with Crippen LogP contribution in [0.1, 0.15) is 30.9 Å². The monoisotopic (exact) mass is 602 g/mol. The number of anilines is 1. The lowest BCUT2D eigenvalue weighted by atomic mass is 10.0. The highest BCUT2D eigenvalue weighted by atomic mass is 79.9. The highest BCUT2D eigenvalue weighted by Gasteiger charge is 2.13. The van der Waals surface area contributed by atoms with Crippen molar-refractivity contribution in [3.8, 4) is 17.2 Å². The summed E-state index contributed by atoms with van der Waals surface area (Å²) < 4.78 is 13.0. The number of hydrogen-bond donors (Lipinski definition) is 1. The van der Waals surface area contributed by atoms with E-state index in [1.54, 1.807) is 25.3 Å². The molecule has 0 spiro atoms. The van der Waals surface area contributed by atoms with Crippen molar-refractivity contribution in [1.29, 1.82) is 0 Å². The van der Waals surface area contributed by atoms with Crippen LogP contribution < -0.4 is 10.1 Å². The van der Waals surface area contributed by atoms with Gasteiger partial charge in [0.05, 0.1) is 22.3 Å². The number of benzene rings is 3. The van der Waals surface area contributed by atoms with Crippen LogP contribution in [-0.2, 0) is 4.79 Å². The first-order chi connectivity index (χ1) is 16.2. The van der Waals surface area contributed by atoms with Crippen molar-refractivity contribution >= 4 is 72.2 Å². The van der Waals surface area contributed by atoms with Gasteiger partial charge in [-0.15, -0.1) is 0 Å². The van der Waals surface area contributed by atoms with Gasteiger partial charge in [-0.2, -0.15) is 0 Å². The van der Waals surface area contributed by atoms with Gasteiger partial charge in [0.2, 0.25) is 11.8 Å². The smallest absolute Gasteiger partial charge is 0.248 e. The largest absolute Gasteiger partial charge is 0.495 e. The van der Waals surface area contributed by atoms with E-state index >= 15 is 0 Å². The number of ether oxygens (including phenoxy) is 1. The first-order valence-corrected chi connectivity index (χ1v) is 12.4. The van der Waals surface area contributed by atoms with E-state index in [2.05, 4.69) is 56.0 Å². The summed E-state index contributed by atoms with van der Waals surface area (Å²) in [5, 5.41) is 3.23. The number of rotatable bonds is 6. The average Bonchev–Trinajstić information content (AvgIpc) is 3.22. The van der Waals surface area contributed by atoms with Crippen LogP contribution in [-0.4, -0.2) is 18.0 Å². The number of fused-ring (bicyclic) bond motifs is 1. The molecule has 5 nitrogen and oxygen atoms in total. The molecule has 0 saturated heterocycles. The third-order valence-corrected chi connectivity index (χ3v) is 6.58. The number of nitrogens with zero attached hydrogens (tertiary/aromatic N) is 1. The van der Waals surface area contributed by atoms with Crippen molar-refractivity contribution in [2.24, 2.45) is 0 Å². The normalized spacial score (nSPS) is 11.5. The molecule has 34 heavy (non-hydrogen) atoms. The molecule has 0 aliphatic carbocycles. The number of methoxy groups -OCH3 is 1. The molecule has 0 atom stereocenters. The Kier molecular flexibility index (Phi) is 7.45. The fourth-order valence-corrected chi connectivity index (χ4v) is 5.03. The molecule has 4 aromatic rings. The van der Waals surface area contributed by atoms with Crippen molar-refractivity contribution < 1.29 is 13.9 Å². The molecule has 8 heteroatoms.